The van der Waals surface area contributed by atoms with Crippen molar-refractivity contribution in [2.45, 2.75) is 32.7 Å². The van der Waals surface area contributed by atoms with Crippen LogP contribution in [0.5, 0.6) is 11.5 Å². The zero-order valence-electron chi connectivity index (χ0n) is 15.2. The van der Waals surface area contributed by atoms with Crippen LogP contribution in [0.3, 0.4) is 0 Å². The Morgan fingerprint density at radius 2 is 2.04 bits per heavy atom. The molecule has 0 aliphatic carbocycles. The number of carbonyl (C=O) groups is 1. The zero-order chi connectivity index (χ0) is 18.7. The zero-order valence-corrected chi connectivity index (χ0v) is 16.0. The summed E-state index contributed by atoms with van der Waals surface area (Å²) in [5, 5.41) is 2.96. The van der Waals surface area contributed by atoms with Gasteiger partial charge in [-0.1, -0.05) is 19.4 Å². The second-order valence-corrected chi connectivity index (χ2v) is 8.99. The average Bonchev–Trinajstić information content (AvgIpc) is 3.07. The highest BCUT2D eigenvalue weighted by Crippen LogP contribution is 2.33. The van der Waals surface area contributed by atoms with Gasteiger partial charge in [-0.05, 0) is 36.0 Å². The van der Waals surface area contributed by atoms with E-state index in [9.17, 15) is 13.2 Å². The van der Waals surface area contributed by atoms with E-state index < -0.39 is 10.0 Å². The molecule has 1 N–H and O–H groups in total. The number of hydrogen-bond acceptors (Lipinski definition) is 5. The first kappa shape index (κ1) is 19.0. The lowest BCUT2D eigenvalue weighted by atomic mass is 9.82. The summed E-state index contributed by atoms with van der Waals surface area (Å²) in [7, 11) is -3.16. The van der Waals surface area contributed by atoms with Gasteiger partial charge >= 0.3 is 0 Å². The molecule has 0 spiro atoms. The van der Waals surface area contributed by atoms with E-state index >= 15 is 0 Å². The number of nitrogens with one attached hydrogen (secondary N) is 1. The highest BCUT2D eigenvalue weighted by atomic mass is 32.2. The maximum Gasteiger partial charge on any atom is 0.231 e. The SMILES string of the molecule is CC[C@@H]1CN(S(C)(=O)=O)CC[C@H]1CC(=O)NCc1ccc2c(c1)OCO2. The number of nitrogens with zero attached hydrogens (tertiary/aromatic N) is 1. The summed E-state index contributed by atoms with van der Waals surface area (Å²) in [4.78, 5) is 12.4. The molecule has 3 rings (SSSR count). The predicted molar refractivity (Wildman–Crippen MR) is 97.3 cm³/mol. The van der Waals surface area contributed by atoms with Gasteiger partial charge in [0, 0.05) is 26.1 Å². The Balaban J connectivity index is 1.51. The molecule has 1 fully saturated rings. The average molecular weight is 382 g/mol. The topological polar surface area (TPSA) is 84.9 Å². The van der Waals surface area contributed by atoms with Gasteiger partial charge in [0.15, 0.2) is 11.5 Å². The van der Waals surface area contributed by atoms with E-state index in [1.165, 1.54) is 10.6 Å². The van der Waals surface area contributed by atoms with Crippen LogP contribution in [0, 0.1) is 11.8 Å². The quantitative estimate of drug-likeness (QED) is 0.810. The number of sulfonamides is 1. The van der Waals surface area contributed by atoms with Gasteiger partial charge in [-0.2, -0.15) is 0 Å². The fourth-order valence-corrected chi connectivity index (χ4v) is 4.54. The van der Waals surface area contributed by atoms with Gasteiger partial charge in [0.25, 0.3) is 0 Å². The standard InChI is InChI=1S/C18H26N2O5S/c1-3-14-11-20(26(2,22)23)7-6-15(14)9-18(21)19-10-13-4-5-16-17(8-13)25-12-24-16/h4-5,8,14-15H,3,6-7,9-12H2,1-2H3,(H,19,21)/t14-,15+/m1/s1. The fourth-order valence-electron chi connectivity index (χ4n) is 3.64. The van der Waals surface area contributed by atoms with E-state index in [0.29, 0.717) is 31.8 Å². The van der Waals surface area contributed by atoms with Crippen molar-refractivity contribution >= 4 is 15.9 Å². The van der Waals surface area contributed by atoms with Crippen molar-refractivity contribution in [3.8, 4) is 11.5 Å². The van der Waals surface area contributed by atoms with Crippen LogP contribution < -0.4 is 14.8 Å². The first-order valence-electron chi connectivity index (χ1n) is 8.97. The first-order chi connectivity index (χ1) is 12.4. The summed E-state index contributed by atoms with van der Waals surface area (Å²) in [5.74, 6) is 1.86. The highest BCUT2D eigenvalue weighted by molar-refractivity contribution is 7.88. The van der Waals surface area contributed by atoms with Crippen molar-refractivity contribution in [3.63, 3.8) is 0 Å². The lowest BCUT2D eigenvalue weighted by Crippen LogP contribution is -2.44. The molecule has 7 nitrogen and oxygen atoms in total. The van der Waals surface area contributed by atoms with Crippen LogP contribution in [-0.2, 0) is 21.4 Å². The molecule has 1 amide bonds. The molecular formula is C18H26N2O5S. The van der Waals surface area contributed by atoms with Crippen LogP contribution in [0.2, 0.25) is 0 Å². The maximum absolute atomic E-state index is 12.4. The third-order valence-corrected chi connectivity index (χ3v) is 6.49. The molecule has 144 valence electrons. The minimum absolute atomic E-state index is 0.000998. The molecule has 2 atom stereocenters. The highest BCUT2D eigenvalue weighted by Gasteiger charge is 2.33. The second kappa shape index (κ2) is 7.84. The lowest BCUT2D eigenvalue weighted by molar-refractivity contribution is -0.122. The van der Waals surface area contributed by atoms with Gasteiger partial charge in [0.2, 0.25) is 22.7 Å². The van der Waals surface area contributed by atoms with E-state index in [1.807, 2.05) is 25.1 Å². The molecular weight excluding hydrogens is 356 g/mol. The van der Waals surface area contributed by atoms with Gasteiger partial charge in [-0.3, -0.25) is 4.79 Å². The Bertz CT molecular complexity index is 765. The smallest absolute Gasteiger partial charge is 0.231 e. The lowest BCUT2D eigenvalue weighted by Gasteiger charge is -2.36. The maximum atomic E-state index is 12.4. The monoisotopic (exact) mass is 382 g/mol. The largest absolute Gasteiger partial charge is 0.454 e. The Morgan fingerprint density at radius 3 is 2.77 bits per heavy atom. The molecule has 2 heterocycles. The minimum Gasteiger partial charge on any atom is -0.454 e. The molecule has 1 saturated heterocycles. The summed E-state index contributed by atoms with van der Waals surface area (Å²) in [6, 6.07) is 5.63. The summed E-state index contributed by atoms with van der Waals surface area (Å²) in [6.45, 7) is 3.73. The van der Waals surface area contributed by atoms with Crippen LogP contribution in [0.15, 0.2) is 18.2 Å². The second-order valence-electron chi connectivity index (χ2n) is 7.01. The molecule has 2 aliphatic heterocycles. The predicted octanol–water partition coefficient (Wildman–Crippen LogP) is 1.73. The van der Waals surface area contributed by atoms with Gasteiger partial charge < -0.3 is 14.8 Å². The number of fused-ring (bicyclic) bond motifs is 1. The summed E-state index contributed by atoms with van der Waals surface area (Å²) < 4.78 is 35.6. The van der Waals surface area contributed by atoms with E-state index in [0.717, 1.165) is 24.2 Å². The van der Waals surface area contributed by atoms with Gasteiger partial charge in [-0.25, -0.2) is 12.7 Å². The number of hydrogen-bond donors (Lipinski definition) is 1. The first-order valence-corrected chi connectivity index (χ1v) is 10.8. The van der Waals surface area contributed by atoms with Crippen molar-refractivity contribution in [1.29, 1.82) is 0 Å². The summed E-state index contributed by atoms with van der Waals surface area (Å²) >= 11 is 0. The van der Waals surface area contributed by atoms with E-state index in [2.05, 4.69) is 5.32 Å². The van der Waals surface area contributed by atoms with Crippen LogP contribution in [0.4, 0.5) is 0 Å². The molecule has 1 aromatic rings. The van der Waals surface area contributed by atoms with E-state index in [1.54, 1.807) is 0 Å². The Morgan fingerprint density at radius 1 is 1.27 bits per heavy atom. The molecule has 0 unspecified atom stereocenters. The molecule has 2 aliphatic rings. The third-order valence-electron chi connectivity index (χ3n) is 5.22. The summed E-state index contributed by atoms with van der Waals surface area (Å²) in [5.41, 5.74) is 0.960. The van der Waals surface area contributed by atoms with Crippen molar-refractivity contribution in [2.24, 2.45) is 11.8 Å². The van der Waals surface area contributed by atoms with Crippen LogP contribution >= 0.6 is 0 Å². The van der Waals surface area contributed by atoms with Crippen molar-refractivity contribution in [2.75, 3.05) is 26.1 Å². The van der Waals surface area contributed by atoms with Crippen LogP contribution in [0.25, 0.3) is 0 Å². The van der Waals surface area contributed by atoms with Crippen molar-refractivity contribution in [3.05, 3.63) is 23.8 Å². The fraction of sp³-hybridized carbons (Fsp3) is 0.611. The molecule has 1 aromatic carbocycles. The Labute approximate surface area is 154 Å². The van der Waals surface area contributed by atoms with Gasteiger partial charge in [0.05, 0.1) is 6.26 Å². The summed E-state index contributed by atoms with van der Waals surface area (Å²) in [6.07, 6.45) is 3.27. The molecule has 0 bridgehead atoms. The van der Waals surface area contributed by atoms with Crippen LogP contribution in [-0.4, -0.2) is 44.8 Å². The third kappa shape index (κ3) is 4.48. The van der Waals surface area contributed by atoms with Gasteiger partial charge in [0.1, 0.15) is 0 Å². The van der Waals surface area contributed by atoms with Crippen LogP contribution in [0.1, 0.15) is 31.7 Å². The molecule has 26 heavy (non-hydrogen) atoms. The number of rotatable bonds is 6. The minimum atomic E-state index is -3.16. The normalized spacial score (nSPS) is 23.0. The molecule has 0 aromatic heterocycles. The van der Waals surface area contributed by atoms with Crippen molar-refractivity contribution in [1.82, 2.24) is 9.62 Å². The number of ether oxygens (including phenoxy) is 2. The molecule has 0 radical (unpaired) electrons. The Kier molecular flexibility index (Phi) is 5.72. The molecule has 8 heteroatoms. The number of benzene rings is 1. The van der Waals surface area contributed by atoms with Crippen molar-refractivity contribution < 1.29 is 22.7 Å². The van der Waals surface area contributed by atoms with E-state index in [4.69, 9.17) is 9.47 Å². The Hall–Kier alpha value is -1.80. The number of amides is 1. The number of carbonyl (C=O) groups excluding carboxylic acids is 1. The van der Waals surface area contributed by atoms with Gasteiger partial charge in [-0.15, -0.1) is 0 Å². The van der Waals surface area contributed by atoms with E-state index in [-0.39, 0.29) is 24.5 Å². The number of piperidine rings is 1. The molecule has 0 saturated carbocycles.